The van der Waals surface area contributed by atoms with Crippen LogP contribution in [0.5, 0.6) is 0 Å². The van der Waals surface area contributed by atoms with Crippen LogP contribution in [0.3, 0.4) is 0 Å². The number of carbonyl (C=O) groups excluding carboxylic acids is 2. The van der Waals surface area contributed by atoms with Crippen molar-refractivity contribution in [2.24, 2.45) is 34.6 Å². The third-order valence-corrected chi connectivity index (χ3v) is 8.47. The van der Waals surface area contributed by atoms with Crippen molar-refractivity contribution in [2.75, 3.05) is 13.2 Å². The molecule has 2 unspecified atom stereocenters. The second-order valence-corrected chi connectivity index (χ2v) is 15.4. The number of hydrogen-bond donors (Lipinski definition) is 4. The van der Waals surface area contributed by atoms with Gasteiger partial charge in [-0.1, -0.05) is 34.6 Å². The molecule has 0 spiro atoms. The molecule has 41 heavy (non-hydrogen) atoms. The van der Waals surface area contributed by atoms with E-state index in [2.05, 4.69) is 19.2 Å². The third kappa shape index (κ3) is 13.4. The summed E-state index contributed by atoms with van der Waals surface area (Å²) in [4.78, 5) is 24.8. The number of nitrogens with zero attached hydrogens (tertiary/aromatic N) is 1. The van der Waals surface area contributed by atoms with E-state index < -0.39 is 33.6 Å². The molecule has 0 aromatic carbocycles. The molecule has 0 radical (unpaired) electrons. The maximum atomic E-state index is 13.2. The van der Waals surface area contributed by atoms with Crippen LogP contribution in [0.1, 0.15) is 123 Å². The van der Waals surface area contributed by atoms with Crippen LogP contribution in [0.25, 0.3) is 0 Å². The molecule has 0 bridgehead atoms. The van der Waals surface area contributed by atoms with Crippen molar-refractivity contribution in [3.63, 3.8) is 0 Å². The van der Waals surface area contributed by atoms with Crippen LogP contribution in [0.4, 0.5) is 0 Å². The number of nitrogens with one attached hydrogen (secondary N) is 1. The van der Waals surface area contributed by atoms with Gasteiger partial charge in [0.25, 0.3) is 0 Å². The fraction of sp³-hybridized carbons (Fsp3) is 0.875. The van der Waals surface area contributed by atoms with Crippen molar-refractivity contribution in [3.05, 3.63) is 11.9 Å². The zero-order valence-corrected chi connectivity index (χ0v) is 28.9. The molecule has 0 aromatic heterocycles. The number of ether oxygens (including phenoxy) is 2. The lowest BCUT2D eigenvalue weighted by molar-refractivity contribution is -0.191. The molecule has 0 aliphatic carbocycles. The second-order valence-electron chi connectivity index (χ2n) is 15.4. The Morgan fingerprint density at radius 3 is 1.98 bits per heavy atom. The van der Waals surface area contributed by atoms with E-state index in [9.17, 15) is 9.59 Å². The Kier molecular flexibility index (Phi) is 14.1. The molecule has 0 aliphatic rings. The Labute approximate surface area is 251 Å². The predicted molar refractivity (Wildman–Crippen MR) is 170 cm³/mol. The minimum absolute atomic E-state index is 0.0849. The van der Waals surface area contributed by atoms with Crippen molar-refractivity contribution in [2.45, 2.75) is 150 Å². The summed E-state index contributed by atoms with van der Waals surface area (Å²) < 4.78 is 12.5. The molecule has 9 heteroatoms. The van der Waals surface area contributed by atoms with Gasteiger partial charge < -0.3 is 36.1 Å². The Hall–Kier alpha value is -1.68. The average Bonchev–Trinajstić information content (AvgIpc) is 2.78. The van der Waals surface area contributed by atoms with Crippen molar-refractivity contribution in [1.29, 1.82) is 0 Å². The van der Waals surface area contributed by atoms with E-state index >= 15 is 0 Å². The summed E-state index contributed by atoms with van der Waals surface area (Å²) in [6.45, 7) is 28.5. The number of hydrazine groups is 1. The quantitative estimate of drug-likeness (QED) is 0.0717. The number of nitrogens with two attached hydrogens (primary N) is 3. The Morgan fingerprint density at radius 2 is 1.49 bits per heavy atom. The van der Waals surface area contributed by atoms with Crippen molar-refractivity contribution in [3.8, 4) is 0 Å². The summed E-state index contributed by atoms with van der Waals surface area (Å²) in [5.74, 6) is 6.10. The molecule has 1 amide bonds. The lowest BCUT2D eigenvalue weighted by atomic mass is 9.77. The van der Waals surface area contributed by atoms with Crippen LogP contribution in [0.2, 0.25) is 0 Å². The van der Waals surface area contributed by atoms with E-state index in [0.29, 0.717) is 31.2 Å². The first-order valence-electron chi connectivity index (χ1n) is 15.1. The predicted octanol–water partition coefficient (Wildman–Crippen LogP) is 5.02. The Bertz CT molecular complexity index is 875. The molecular weight excluding hydrogens is 518 g/mol. The van der Waals surface area contributed by atoms with Gasteiger partial charge in [-0.05, 0) is 93.9 Å². The minimum Gasteiger partial charge on any atom is -0.399 e. The molecule has 0 aliphatic heterocycles. The summed E-state index contributed by atoms with van der Waals surface area (Å²) in [7, 11) is 0. The van der Waals surface area contributed by atoms with Gasteiger partial charge in [0, 0.05) is 36.0 Å². The zero-order valence-electron chi connectivity index (χ0n) is 28.9. The van der Waals surface area contributed by atoms with Crippen LogP contribution in [-0.2, 0) is 19.1 Å². The fourth-order valence-electron chi connectivity index (χ4n) is 4.53. The first-order chi connectivity index (χ1) is 18.2. The smallest absolute Gasteiger partial charge is 0.226 e. The highest BCUT2D eigenvalue weighted by Gasteiger charge is 2.45. The summed E-state index contributed by atoms with van der Waals surface area (Å²) >= 11 is 0. The van der Waals surface area contributed by atoms with E-state index in [1.165, 1.54) is 0 Å². The molecule has 0 saturated carbocycles. The molecule has 7 N–H and O–H groups in total. The Balaban J connectivity index is 4.86. The standard InChI is InChI=1S/C32H65N5O4/c1-23(2)20-32(14,34)25(33)21-37(35)18-17-29(8,9)40-19-15-16-28(6,7)36-26(39)24(3)30(10,11)41-31(12,13)27(4,5)22-38/h21-24H,15-20,33-35H2,1-14H3,(H,36,39)/b25-21-. The van der Waals surface area contributed by atoms with Gasteiger partial charge in [-0.25, -0.2) is 5.84 Å². The highest BCUT2D eigenvalue weighted by molar-refractivity contribution is 5.80. The molecule has 0 heterocycles. The minimum atomic E-state index is -0.773. The maximum Gasteiger partial charge on any atom is 0.226 e. The van der Waals surface area contributed by atoms with Crippen molar-refractivity contribution >= 4 is 12.2 Å². The SMILES string of the molecule is CC(C)CC(C)(N)/C(N)=C/N(N)CCC(C)(C)OCCCC(C)(C)NC(=O)C(C)C(C)(C)OC(C)(C)C(C)(C)C=O. The molecule has 0 saturated heterocycles. The van der Waals surface area contributed by atoms with E-state index in [0.717, 1.165) is 25.5 Å². The lowest BCUT2D eigenvalue weighted by Crippen LogP contribution is -2.55. The van der Waals surface area contributed by atoms with Crippen LogP contribution < -0.4 is 22.6 Å². The molecule has 242 valence electrons. The molecule has 2 atom stereocenters. The monoisotopic (exact) mass is 584 g/mol. The zero-order chi connectivity index (χ0) is 32.7. The van der Waals surface area contributed by atoms with Crippen LogP contribution in [0, 0.1) is 17.3 Å². The molecule has 0 fully saturated rings. The van der Waals surface area contributed by atoms with Gasteiger partial charge in [-0.2, -0.15) is 0 Å². The summed E-state index contributed by atoms with van der Waals surface area (Å²) in [5.41, 5.74) is 9.56. The average molecular weight is 584 g/mol. The van der Waals surface area contributed by atoms with Crippen molar-refractivity contribution < 1.29 is 19.1 Å². The van der Waals surface area contributed by atoms with Crippen molar-refractivity contribution in [1.82, 2.24) is 10.3 Å². The van der Waals surface area contributed by atoms with Gasteiger partial charge in [-0.15, -0.1) is 0 Å². The van der Waals surface area contributed by atoms with E-state index in [1.54, 1.807) is 11.2 Å². The van der Waals surface area contributed by atoms with E-state index in [1.807, 2.05) is 83.1 Å². The first-order valence-corrected chi connectivity index (χ1v) is 15.1. The van der Waals surface area contributed by atoms with Gasteiger partial charge in [0.1, 0.15) is 6.29 Å². The number of amides is 1. The number of hydrogen-bond acceptors (Lipinski definition) is 8. The number of aldehydes is 1. The summed E-state index contributed by atoms with van der Waals surface area (Å²) in [6, 6.07) is 0. The second kappa shape index (κ2) is 14.7. The van der Waals surface area contributed by atoms with Crippen LogP contribution >= 0.6 is 0 Å². The number of rotatable bonds is 19. The highest BCUT2D eigenvalue weighted by atomic mass is 16.5. The largest absolute Gasteiger partial charge is 0.399 e. The van der Waals surface area contributed by atoms with Gasteiger partial charge in [0.15, 0.2) is 0 Å². The van der Waals surface area contributed by atoms with Gasteiger partial charge >= 0.3 is 0 Å². The van der Waals surface area contributed by atoms with Crippen LogP contribution in [0.15, 0.2) is 11.9 Å². The third-order valence-electron chi connectivity index (χ3n) is 8.47. The normalized spacial score (nSPS) is 16.4. The highest BCUT2D eigenvalue weighted by Crippen LogP contribution is 2.38. The van der Waals surface area contributed by atoms with Gasteiger partial charge in [0.2, 0.25) is 5.91 Å². The van der Waals surface area contributed by atoms with E-state index in [4.69, 9.17) is 26.8 Å². The maximum absolute atomic E-state index is 13.2. The summed E-state index contributed by atoms with van der Waals surface area (Å²) in [6.07, 6.45) is 5.65. The topological polar surface area (TPSA) is 146 Å². The van der Waals surface area contributed by atoms with Gasteiger partial charge in [-0.3, -0.25) is 4.79 Å². The van der Waals surface area contributed by atoms with Gasteiger partial charge in [0.05, 0.1) is 28.3 Å². The Morgan fingerprint density at radius 1 is 0.951 bits per heavy atom. The van der Waals surface area contributed by atoms with Crippen LogP contribution in [-0.4, -0.2) is 58.2 Å². The lowest BCUT2D eigenvalue weighted by Gasteiger charge is -2.45. The van der Waals surface area contributed by atoms with E-state index in [-0.39, 0.29) is 11.5 Å². The number of carbonyl (C=O) groups is 2. The first kappa shape index (κ1) is 39.3. The molecular formula is C32H65N5O4. The fourth-order valence-corrected chi connectivity index (χ4v) is 4.53. The molecule has 9 nitrogen and oxygen atoms in total. The molecule has 0 aromatic rings. The molecule has 0 rings (SSSR count). The summed E-state index contributed by atoms with van der Waals surface area (Å²) in [5, 5.41) is 4.77.